The van der Waals surface area contributed by atoms with Crippen LogP contribution in [0, 0.1) is 13.8 Å². The van der Waals surface area contributed by atoms with Crippen LogP contribution in [0.3, 0.4) is 0 Å². The summed E-state index contributed by atoms with van der Waals surface area (Å²) in [6, 6.07) is 72.9. The van der Waals surface area contributed by atoms with E-state index in [1.807, 2.05) is 121 Å². The Morgan fingerprint density at radius 3 is 0.976 bits per heavy atom. The van der Waals surface area contributed by atoms with E-state index in [1.165, 1.54) is 24.3 Å². The van der Waals surface area contributed by atoms with Crippen molar-refractivity contribution in [2.45, 2.75) is 23.6 Å². The molecular weight excluding hydrogens is 1260 g/mol. The molecule has 0 aliphatic rings. The monoisotopic (exact) mass is 1300 g/mol. The normalized spacial score (nSPS) is 10.7. The van der Waals surface area contributed by atoms with Crippen LogP contribution in [0.25, 0.3) is 78.9 Å². The smallest absolute Gasteiger partial charge is 0.744 e. The first kappa shape index (κ1) is 61.3. The Kier molecular flexibility index (Phi) is 21.6. The van der Waals surface area contributed by atoms with Gasteiger partial charge in [0.05, 0.1) is 55.3 Å². The van der Waals surface area contributed by atoms with E-state index in [2.05, 4.69) is 117 Å². The third-order valence-corrected chi connectivity index (χ3v) is 13.9. The first-order chi connectivity index (χ1) is 38.7. The Morgan fingerprint density at radius 1 is 0.329 bits per heavy atom. The standard InChI is InChI=1S/2C25H18N4.2C7H8O3S.2Ag/c2*1-2-7-20(8-3-1)24-17-21(18-25(28-24)23-9-4-5-14-26-23)19-10-12-22(13-11-19)29-16-6-15-27-29;2*1-6-2-4-7(5-3-6)11(8,9)10;;/h2*1-18H;2*2-5H,1H3,(H,8,9,10);;/q;;;;2*+1/p-2. The fourth-order valence-corrected chi connectivity index (χ4v) is 9.00. The first-order valence-electron chi connectivity index (χ1n) is 25.0. The Morgan fingerprint density at radius 2 is 0.671 bits per heavy atom. The molecule has 0 bridgehead atoms. The van der Waals surface area contributed by atoms with Crippen LogP contribution in [0.1, 0.15) is 11.1 Å². The zero-order chi connectivity index (χ0) is 55.9. The molecule has 18 heteroatoms. The minimum absolute atomic E-state index is 0. The van der Waals surface area contributed by atoms with Crippen LogP contribution in [-0.4, -0.2) is 65.4 Å². The van der Waals surface area contributed by atoms with Crippen LogP contribution < -0.4 is 0 Å². The second-order valence-electron chi connectivity index (χ2n) is 17.9. The maximum atomic E-state index is 10.4. The summed E-state index contributed by atoms with van der Waals surface area (Å²) in [5.74, 6) is 0. The summed E-state index contributed by atoms with van der Waals surface area (Å²) >= 11 is 0. The van der Waals surface area contributed by atoms with E-state index in [9.17, 15) is 25.9 Å². The molecule has 0 aliphatic carbocycles. The minimum atomic E-state index is -4.27. The van der Waals surface area contributed by atoms with E-state index in [0.29, 0.717) is 0 Å². The zero-order valence-electron chi connectivity index (χ0n) is 43.9. The molecule has 416 valence electrons. The number of nitrogens with zero attached hydrogens (tertiary/aromatic N) is 8. The van der Waals surface area contributed by atoms with Gasteiger partial charge in [0.25, 0.3) is 0 Å². The Bertz CT molecular complexity index is 3750. The zero-order valence-corrected chi connectivity index (χ0v) is 48.4. The summed E-state index contributed by atoms with van der Waals surface area (Å²) in [4.78, 5) is 18.4. The van der Waals surface area contributed by atoms with Crippen molar-refractivity contribution in [3.63, 3.8) is 0 Å². The Labute approximate surface area is 507 Å². The van der Waals surface area contributed by atoms with E-state index >= 15 is 0 Å². The van der Waals surface area contributed by atoms with Crippen molar-refractivity contribution < 1.29 is 70.7 Å². The van der Waals surface area contributed by atoms with Crippen molar-refractivity contribution in [1.82, 2.24) is 39.5 Å². The van der Waals surface area contributed by atoms with Crippen LogP contribution in [0.2, 0.25) is 0 Å². The van der Waals surface area contributed by atoms with Gasteiger partial charge in [-0.2, -0.15) is 10.2 Å². The fraction of sp³-hybridized carbons (Fsp3) is 0.0312. The minimum Gasteiger partial charge on any atom is -0.744 e. The largest absolute Gasteiger partial charge is 1.00 e. The van der Waals surface area contributed by atoms with E-state index in [0.717, 1.165) is 90.0 Å². The van der Waals surface area contributed by atoms with Gasteiger partial charge >= 0.3 is 44.8 Å². The van der Waals surface area contributed by atoms with Gasteiger partial charge in [-0.05, 0) is 145 Å². The average Bonchev–Trinajstić information content (AvgIpc) is 4.29. The molecule has 82 heavy (non-hydrogen) atoms. The van der Waals surface area contributed by atoms with Crippen molar-refractivity contribution in [2.24, 2.45) is 0 Å². The molecule has 0 aliphatic heterocycles. The van der Waals surface area contributed by atoms with Gasteiger partial charge in [0.1, 0.15) is 20.2 Å². The van der Waals surface area contributed by atoms with Gasteiger partial charge in [-0.1, -0.05) is 132 Å². The molecule has 0 saturated carbocycles. The van der Waals surface area contributed by atoms with Gasteiger partial charge in [0.15, 0.2) is 0 Å². The molecule has 6 aromatic carbocycles. The number of hydrogen-bond acceptors (Lipinski definition) is 12. The van der Waals surface area contributed by atoms with Gasteiger partial charge in [-0.3, -0.25) is 9.97 Å². The van der Waals surface area contributed by atoms with E-state index in [1.54, 1.807) is 49.1 Å². The predicted octanol–water partition coefficient (Wildman–Crippen LogP) is 13.1. The summed E-state index contributed by atoms with van der Waals surface area (Å²) in [5, 5.41) is 8.59. The maximum Gasteiger partial charge on any atom is 1.00 e. The molecule has 0 fully saturated rings. The van der Waals surface area contributed by atoms with Crippen molar-refractivity contribution in [2.75, 3.05) is 0 Å². The maximum absolute atomic E-state index is 10.4. The van der Waals surface area contributed by atoms with Crippen LogP contribution in [0.15, 0.2) is 277 Å². The van der Waals surface area contributed by atoms with Crippen molar-refractivity contribution in [3.05, 3.63) is 279 Å². The summed E-state index contributed by atoms with van der Waals surface area (Å²) in [5.41, 5.74) is 15.8. The number of pyridine rings is 4. The summed E-state index contributed by atoms with van der Waals surface area (Å²) in [7, 11) is -8.54. The topological polar surface area (TPSA) is 202 Å². The van der Waals surface area contributed by atoms with Gasteiger partial charge in [0, 0.05) is 48.3 Å². The molecule has 12 rings (SSSR count). The average molecular weight is 1310 g/mol. The number of benzene rings is 6. The molecule has 0 spiro atoms. The van der Waals surface area contributed by atoms with Gasteiger partial charge in [0.2, 0.25) is 0 Å². The van der Waals surface area contributed by atoms with Crippen LogP contribution >= 0.6 is 0 Å². The molecule has 0 unspecified atom stereocenters. The first-order valence-corrected chi connectivity index (χ1v) is 27.8. The fourth-order valence-electron chi connectivity index (χ4n) is 8.07. The second kappa shape index (κ2) is 28.9. The molecule has 6 aromatic heterocycles. The number of hydrogen-bond donors (Lipinski definition) is 0. The molecule has 0 amide bonds. The van der Waals surface area contributed by atoms with Crippen LogP contribution in [0.4, 0.5) is 0 Å². The molecule has 0 saturated heterocycles. The molecule has 0 N–H and O–H groups in total. The predicted molar refractivity (Wildman–Crippen MR) is 309 cm³/mol. The third-order valence-electron chi connectivity index (χ3n) is 12.2. The second-order valence-corrected chi connectivity index (χ2v) is 20.7. The van der Waals surface area contributed by atoms with Gasteiger partial charge in [-0.15, -0.1) is 0 Å². The molecule has 6 heterocycles. The third kappa shape index (κ3) is 16.9. The molecule has 12 aromatic rings. The number of aryl methyl sites for hydroxylation is 2. The van der Waals surface area contributed by atoms with Crippen LogP contribution in [-0.2, 0) is 65.0 Å². The summed E-state index contributed by atoms with van der Waals surface area (Å²) in [6.45, 7) is 3.64. The van der Waals surface area contributed by atoms with Crippen molar-refractivity contribution >= 4 is 20.2 Å². The van der Waals surface area contributed by atoms with Gasteiger partial charge in [-0.25, -0.2) is 36.2 Å². The summed E-state index contributed by atoms with van der Waals surface area (Å²) < 4.78 is 66.0. The number of aromatic nitrogens is 8. The van der Waals surface area contributed by atoms with E-state index in [4.69, 9.17) is 9.97 Å². The molecular formula is C64H50Ag2N8O6S2. The Balaban J connectivity index is 0.000000171. The van der Waals surface area contributed by atoms with Crippen molar-refractivity contribution in [1.29, 1.82) is 0 Å². The van der Waals surface area contributed by atoms with Crippen LogP contribution in [0.5, 0.6) is 0 Å². The van der Waals surface area contributed by atoms with E-state index < -0.39 is 20.2 Å². The molecule has 0 atom stereocenters. The van der Waals surface area contributed by atoms with Gasteiger partial charge < -0.3 is 9.11 Å². The molecule has 0 radical (unpaired) electrons. The molecule has 14 nitrogen and oxygen atoms in total. The van der Waals surface area contributed by atoms with E-state index in [-0.39, 0.29) is 54.6 Å². The van der Waals surface area contributed by atoms with Crippen molar-refractivity contribution in [3.8, 4) is 78.9 Å². The Hall–Kier alpha value is -8.36. The SMILES string of the molecule is Cc1ccc(S(=O)(=O)[O-])cc1.Cc1ccc(S(=O)(=O)[O-])cc1.[Ag+].[Ag+].c1ccc(-c2cc(-c3ccc(-n4cccn4)cc3)cc(-c3ccccn3)n2)cc1.c1ccc(-c2cc(-c3ccc(-n4cccn4)cc3)cc(-c3ccccn3)n2)cc1. The number of rotatable bonds is 10. The quantitative estimate of drug-likeness (QED) is 0.0927. The summed E-state index contributed by atoms with van der Waals surface area (Å²) in [6.07, 6.45) is 11.0.